The number of ether oxygens (including phenoxy) is 1. The molecule has 0 fully saturated rings. The van der Waals surface area contributed by atoms with E-state index in [4.69, 9.17) is 4.74 Å². The first-order chi connectivity index (χ1) is 6.27. The zero-order valence-corrected chi connectivity index (χ0v) is 7.91. The van der Waals surface area contributed by atoms with E-state index in [1.165, 1.54) is 5.01 Å². The van der Waals surface area contributed by atoms with E-state index in [-0.39, 0.29) is 6.09 Å². The van der Waals surface area contributed by atoms with Gasteiger partial charge in [-0.2, -0.15) is 5.01 Å². The maximum atomic E-state index is 11.2. The van der Waals surface area contributed by atoms with Gasteiger partial charge < -0.3 is 4.74 Å². The summed E-state index contributed by atoms with van der Waals surface area (Å²) in [5.41, 5.74) is 3.97. The normalized spacial score (nSPS) is 14.9. The van der Waals surface area contributed by atoms with E-state index in [1.54, 1.807) is 19.3 Å². The third-order valence-electron chi connectivity index (χ3n) is 1.70. The summed E-state index contributed by atoms with van der Waals surface area (Å²) in [6.45, 7) is 4.21. The fraction of sp³-hybridized carbons (Fsp3) is 0.444. The summed E-state index contributed by atoms with van der Waals surface area (Å²) in [5, 5.41) is 1.31. The number of carbonyl (C=O) groups excluding carboxylic acids is 1. The molecule has 1 amide bonds. The van der Waals surface area contributed by atoms with Gasteiger partial charge in [-0.25, -0.2) is 4.79 Å². The quantitative estimate of drug-likeness (QED) is 0.707. The van der Waals surface area contributed by atoms with Gasteiger partial charge in [-0.05, 0) is 25.0 Å². The molecule has 0 aromatic heterocycles. The first kappa shape index (κ1) is 9.64. The van der Waals surface area contributed by atoms with Gasteiger partial charge in [0.1, 0.15) is 0 Å². The van der Waals surface area contributed by atoms with Gasteiger partial charge >= 0.3 is 6.09 Å². The van der Waals surface area contributed by atoms with Crippen LogP contribution in [-0.4, -0.2) is 17.7 Å². The molecule has 0 aromatic rings. The van der Waals surface area contributed by atoms with Crippen LogP contribution in [-0.2, 0) is 4.74 Å². The third kappa shape index (κ3) is 2.50. The maximum Gasteiger partial charge on any atom is 0.432 e. The van der Waals surface area contributed by atoms with Crippen molar-refractivity contribution in [3.8, 4) is 0 Å². The zero-order chi connectivity index (χ0) is 9.68. The third-order valence-corrected chi connectivity index (χ3v) is 1.70. The smallest absolute Gasteiger partial charge is 0.432 e. The van der Waals surface area contributed by atoms with E-state index in [0.29, 0.717) is 6.61 Å². The first-order valence-corrected chi connectivity index (χ1v) is 4.37. The molecule has 0 saturated heterocycles. The predicted molar refractivity (Wildman–Crippen MR) is 49.5 cm³/mol. The minimum atomic E-state index is -0.384. The Kier molecular flexibility index (Phi) is 3.37. The number of rotatable bonds is 2. The summed E-state index contributed by atoms with van der Waals surface area (Å²) >= 11 is 0. The Labute approximate surface area is 77.8 Å². The van der Waals surface area contributed by atoms with Gasteiger partial charge in [0.15, 0.2) is 0 Å². The molecule has 0 aliphatic carbocycles. The summed E-state index contributed by atoms with van der Waals surface area (Å²) in [6, 6.07) is 0. The molecule has 0 saturated carbocycles. The fourth-order valence-corrected chi connectivity index (χ4v) is 0.940. The van der Waals surface area contributed by atoms with E-state index in [9.17, 15) is 4.79 Å². The lowest BCUT2D eigenvalue weighted by Gasteiger charge is -2.20. The monoisotopic (exact) mass is 182 g/mol. The predicted octanol–water partition coefficient (Wildman–Crippen LogP) is 1.77. The van der Waals surface area contributed by atoms with Crippen LogP contribution in [0.4, 0.5) is 4.79 Å². The summed E-state index contributed by atoms with van der Waals surface area (Å²) in [5.74, 6) is 0. The molecule has 0 aromatic carbocycles. The van der Waals surface area contributed by atoms with Crippen LogP contribution in [0, 0.1) is 0 Å². The molecule has 1 heterocycles. The summed E-state index contributed by atoms with van der Waals surface area (Å²) in [4.78, 5) is 11.2. The average molecular weight is 182 g/mol. The van der Waals surface area contributed by atoms with Gasteiger partial charge in [0.05, 0.1) is 6.61 Å². The summed E-state index contributed by atoms with van der Waals surface area (Å²) in [7, 11) is 0. The van der Waals surface area contributed by atoms with Crippen molar-refractivity contribution >= 4 is 6.09 Å². The number of hydrazine groups is 1. The topological polar surface area (TPSA) is 41.6 Å². The van der Waals surface area contributed by atoms with Crippen LogP contribution in [0.2, 0.25) is 0 Å². The highest BCUT2D eigenvalue weighted by atomic mass is 16.6. The maximum absolute atomic E-state index is 11.2. The molecule has 0 unspecified atom stereocenters. The molecule has 4 heteroatoms. The van der Waals surface area contributed by atoms with E-state index >= 15 is 0 Å². The molecule has 0 bridgehead atoms. The Hall–Kier alpha value is -1.45. The van der Waals surface area contributed by atoms with Crippen LogP contribution in [0.25, 0.3) is 0 Å². The second-order valence-electron chi connectivity index (χ2n) is 2.59. The SMILES string of the molecule is CCOC(=O)N1C=CC(CC)=CN1. The van der Waals surface area contributed by atoms with Gasteiger partial charge in [0.2, 0.25) is 0 Å². The zero-order valence-electron chi connectivity index (χ0n) is 7.91. The number of hydrogen-bond donors (Lipinski definition) is 1. The van der Waals surface area contributed by atoms with Gasteiger partial charge in [-0.3, -0.25) is 5.43 Å². The molecule has 0 radical (unpaired) electrons. The van der Waals surface area contributed by atoms with Crippen LogP contribution >= 0.6 is 0 Å². The molecular formula is C9H14N2O2. The molecule has 0 atom stereocenters. The van der Waals surface area contributed by atoms with Crippen LogP contribution in [0.15, 0.2) is 24.0 Å². The van der Waals surface area contributed by atoms with Gasteiger partial charge in [0, 0.05) is 12.4 Å². The van der Waals surface area contributed by atoms with Crippen molar-refractivity contribution in [3.63, 3.8) is 0 Å². The van der Waals surface area contributed by atoms with Crippen LogP contribution in [0.1, 0.15) is 20.3 Å². The molecule has 1 N–H and O–H groups in total. The molecular weight excluding hydrogens is 168 g/mol. The van der Waals surface area contributed by atoms with E-state index in [1.807, 2.05) is 6.08 Å². The lowest BCUT2D eigenvalue weighted by molar-refractivity contribution is 0.112. The average Bonchev–Trinajstić information content (AvgIpc) is 2.18. The minimum Gasteiger partial charge on any atom is -0.448 e. The molecule has 1 aliphatic heterocycles. The molecule has 0 spiro atoms. The van der Waals surface area contributed by atoms with Crippen molar-refractivity contribution < 1.29 is 9.53 Å². The summed E-state index contributed by atoms with van der Waals surface area (Å²) in [6.07, 6.45) is 5.89. The highest BCUT2D eigenvalue weighted by Gasteiger charge is 2.12. The van der Waals surface area contributed by atoms with Gasteiger partial charge in [-0.1, -0.05) is 6.92 Å². The van der Waals surface area contributed by atoms with E-state index in [2.05, 4.69) is 12.3 Å². The molecule has 1 rings (SSSR count). The number of amides is 1. The van der Waals surface area contributed by atoms with E-state index < -0.39 is 0 Å². The first-order valence-electron chi connectivity index (χ1n) is 4.37. The van der Waals surface area contributed by atoms with Gasteiger partial charge in [0.25, 0.3) is 0 Å². The second kappa shape index (κ2) is 4.54. The van der Waals surface area contributed by atoms with Crippen molar-refractivity contribution in [2.45, 2.75) is 20.3 Å². The van der Waals surface area contributed by atoms with Gasteiger partial charge in [-0.15, -0.1) is 0 Å². The second-order valence-corrected chi connectivity index (χ2v) is 2.59. The molecule has 1 aliphatic rings. The fourth-order valence-electron chi connectivity index (χ4n) is 0.940. The lowest BCUT2D eigenvalue weighted by Crippen LogP contribution is -2.37. The number of nitrogens with one attached hydrogen (secondary N) is 1. The van der Waals surface area contributed by atoms with Crippen molar-refractivity contribution in [3.05, 3.63) is 24.0 Å². The minimum absolute atomic E-state index is 0.384. The Morgan fingerprint density at radius 3 is 2.85 bits per heavy atom. The van der Waals surface area contributed by atoms with Crippen molar-refractivity contribution in [1.82, 2.24) is 10.4 Å². The number of allylic oxidation sites excluding steroid dienone is 2. The van der Waals surface area contributed by atoms with Crippen molar-refractivity contribution in [1.29, 1.82) is 0 Å². The number of carbonyl (C=O) groups is 1. The van der Waals surface area contributed by atoms with Crippen molar-refractivity contribution in [2.75, 3.05) is 6.61 Å². The van der Waals surface area contributed by atoms with Crippen LogP contribution in [0.5, 0.6) is 0 Å². The summed E-state index contributed by atoms with van der Waals surface area (Å²) < 4.78 is 4.79. The van der Waals surface area contributed by atoms with Crippen molar-refractivity contribution in [2.24, 2.45) is 0 Å². The molecule has 4 nitrogen and oxygen atoms in total. The molecule has 72 valence electrons. The number of hydrogen-bond acceptors (Lipinski definition) is 3. The number of nitrogens with zero attached hydrogens (tertiary/aromatic N) is 1. The molecule has 13 heavy (non-hydrogen) atoms. The Bertz CT molecular complexity index is 246. The standard InChI is InChI=1S/C9H14N2O2/c1-3-8-5-6-11(10-7-8)9(12)13-4-2/h5-7,10H,3-4H2,1-2H3. The largest absolute Gasteiger partial charge is 0.448 e. The van der Waals surface area contributed by atoms with Crippen LogP contribution in [0.3, 0.4) is 0 Å². The Morgan fingerprint density at radius 2 is 2.38 bits per heavy atom. The lowest BCUT2D eigenvalue weighted by atomic mass is 10.2. The highest BCUT2D eigenvalue weighted by Crippen LogP contribution is 2.07. The van der Waals surface area contributed by atoms with Crippen LogP contribution < -0.4 is 5.43 Å². The highest BCUT2D eigenvalue weighted by molar-refractivity contribution is 5.68. The Morgan fingerprint density at radius 1 is 1.62 bits per heavy atom. The van der Waals surface area contributed by atoms with E-state index in [0.717, 1.165) is 12.0 Å². The Balaban J connectivity index is 2.47.